The van der Waals surface area contributed by atoms with E-state index in [1.54, 1.807) is 98.8 Å². The maximum Gasteiger partial charge on any atom is 0.343 e. The number of nitrogens with zero attached hydrogens (tertiary/aromatic N) is 3. The number of hydrogen-bond acceptors (Lipinski definition) is 9. The first-order valence-corrected chi connectivity index (χ1v) is 13.6. The summed E-state index contributed by atoms with van der Waals surface area (Å²) >= 11 is 6.40. The van der Waals surface area contributed by atoms with Crippen LogP contribution in [0.15, 0.2) is 101 Å². The topological polar surface area (TPSA) is 127 Å². The van der Waals surface area contributed by atoms with Crippen molar-refractivity contribution in [3.63, 3.8) is 0 Å². The highest BCUT2D eigenvalue weighted by Gasteiger charge is 2.30. The smallest absolute Gasteiger partial charge is 0.343 e. The van der Waals surface area contributed by atoms with Gasteiger partial charge in [-0.1, -0.05) is 48.0 Å². The maximum atomic E-state index is 12.9. The summed E-state index contributed by atoms with van der Waals surface area (Å²) in [5.74, 6) is -0.275. The van der Waals surface area contributed by atoms with Crippen LogP contribution >= 0.6 is 11.6 Å². The van der Waals surface area contributed by atoms with Crippen LogP contribution < -0.4 is 10.1 Å². The number of hydrogen-bond donors (Lipinski definition) is 1. The highest BCUT2D eigenvalue weighted by Crippen LogP contribution is 2.33. The summed E-state index contributed by atoms with van der Waals surface area (Å²) in [6, 6.07) is 28.5. The maximum absolute atomic E-state index is 12.9. The molecular weight excluding hydrogens is 568 g/mol. The van der Waals surface area contributed by atoms with Gasteiger partial charge in [-0.3, -0.25) is 0 Å². The molecule has 0 amide bonds. The van der Waals surface area contributed by atoms with Crippen LogP contribution in [0.2, 0.25) is 5.02 Å². The molecule has 1 aromatic heterocycles. The Kier molecular flexibility index (Phi) is 8.79. The van der Waals surface area contributed by atoms with Crippen molar-refractivity contribution in [2.24, 2.45) is 0 Å². The molecule has 9 nitrogen and oxygen atoms in total. The molecule has 10 heteroatoms. The number of carbonyl (C=O) groups excluding carboxylic acids is 2. The molecule has 2 atom stereocenters. The normalized spacial score (nSPS) is 12.0. The van der Waals surface area contributed by atoms with E-state index in [-0.39, 0.29) is 11.8 Å². The van der Waals surface area contributed by atoms with Gasteiger partial charge in [-0.2, -0.15) is 5.26 Å². The number of nitriles is 1. The third-order valence-corrected chi connectivity index (χ3v) is 7.10. The van der Waals surface area contributed by atoms with E-state index in [1.165, 1.54) is 0 Å². The number of aromatic nitrogens is 2. The zero-order valence-electron chi connectivity index (χ0n) is 23.2. The molecule has 0 spiro atoms. The van der Waals surface area contributed by atoms with Gasteiger partial charge in [-0.15, -0.1) is 10.2 Å². The van der Waals surface area contributed by atoms with Crippen LogP contribution in [-0.2, 0) is 4.74 Å². The Morgan fingerprint density at radius 1 is 0.884 bits per heavy atom. The van der Waals surface area contributed by atoms with Crippen LogP contribution in [0.3, 0.4) is 0 Å². The first-order valence-electron chi connectivity index (χ1n) is 13.3. The third-order valence-electron chi connectivity index (χ3n) is 6.62. The SMILES string of the molecule is Cc1c(N[C@@H](c2nnc(-c3ccc(OC(=O)c4ccccc4)cc3)o2)[C@H](C)OC(=O)c2ccccc2)ccc(C#N)c1Cl. The lowest BCUT2D eigenvalue weighted by Crippen LogP contribution is -2.29. The number of nitrogens with one attached hydrogen (secondary N) is 1. The van der Waals surface area contributed by atoms with Crippen molar-refractivity contribution in [1.29, 1.82) is 5.26 Å². The fourth-order valence-electron chi connectivity index (χ4n) is 4.24. The van der Waals surface area contributed by atoms with Crippen molar-refractivity contribution >= 4 is 29.2 Å². The molecule has 0 saturated heterocycles. The summed E-state index contributed by atoms with van der Waals surface area (Å²) in [5, 5.41) is 21.4. The van der Waals surface area contributed by atoms with E-state index in [0.717, 1.165) is 0 Å². The Morgan fingerprint density at radius 3 is 2.14 bits per heavy atom. The Labute approximate surface area is 252 Å². The number of ether oxygens (including phenoxy) is 2. The summed E-state index contributed by atoms with van der Waals surface area (Å²) in [7, 11) is 0. The van der Waals surface area contributed by atoms with Gasteiger partial charge in [0.1, 0.15) is 24.0 Å². The Balaban J connectivity index is 1.39. The zero-order chi connectivity index (χ0) is 30.3. The van der Waals surface area contributed by atoms with Gasteiger partial charge in [0.05, 0.1) is 21.7 Å². The van der Waals surface area contributed by atoms with Crippen LogP contribution in [0, 0.1) is 18.3 Å². The molecule has 0 unspecified atom stereocenters. The number of rotatable bonds is 9. The van der Waals surface area contributed by atoms with Gasteiger partial charge >= 0.3 is 11.9 Å². The summed E-state index contributed by atoms with van der Waals surface area (Å²) in [6.45, 7) is 3.48. The predicted molar refractivity (Wildman–Crippen MR) is 160 cm³/mol. The summed E-state index contributed by atoms with van der Waals surface area (Å²) in [4.78, 5) is 25.2. The molecule has 5 rings (SSSR count). The average Bonchev–Trinajstić information content (AvgIpc) is 3.53. The van der Waals surface area contributed by atoms with Crippen LogP contribution in [0.4, 0.5) is 5.69 Å². The Morgan fingerprint density at radius 2 is 1.51 bits per heavy atom. The first kappa shape index (κ1) is 29.0. The number of benzene rings is 4. The molecule has 1 heterocycles. The van der Waals surface area contributed by atoms with Crippen molar-refractivity contribution in [2.75, 3.05) is 5.32 Å². The molecule has 1 N–H and O–H groups in total. The minimum Gasteiger partial charge on any atom is -0.456 e. The lowest BCUT2D eigenvalue weighted by molar-refractivity contribution is 0.0282. The third kappa shape index (κ3) is 6.72. The first-order chi connectivity index (χ1) is 20.8. The number of halogens is 1. The summed E-state index contributed by atoms with van der Waals surface area (Å²) in [5.41, 5.74) is 2.98. The molecule has 0 aliphatic carbocycles. The molecule has 0 aliphatic heterocycles. The van der Waals surface area contributed by atoms with E-state index in [2.05, 4.69) is 21.6 Å². The monoisotopic (exact) mass is 592 g/mol. The van der Waals surface area contributed by atoms with Crippen molar-refractivity contribution in [3.05, 3.63) is 130 Å². The fraction of sp³-hybridized carbons (Fsp3) is 0.121. The minimum atomic E-state index is -0.775. The van der Waals surface area contributed by atoms with Crippen LogP contribution in [0.1, 0.15) is 50.7 Å². The van der Waals surface area contributed by atoms with Crippen LogP contribution in [0.5, 0.6) is 5.75 Å². The van der Waals surface area contributed by atoms with Gasteiger partial charge in [0.25, 0.3) is 0 Å². The molecule has 0 bridgehead atoms. The van der Waals surface area contributed by atoms with Crippen molar-refractivity contribution in [2.45, 2.75) is 26.0 Å². The highest BCUT2D eigenvalue weighted by molar-refractivity contribution is 6.32. The van der Waals surface area contributed by atoms with E-state index in [0.29, 0.717) is 44.3 Å². The molecular formula is C33H25ClN4O5. The molecule has 0 saturated carbocycles. The quantitative estimate of drug-likeness (QED) is 0.140. The Bertz CT molecular complexity index is 1780. The number of esters is 2. The van der Waals surface area contributed by atoms with E-state index >= 15 is 0 Å². The molecule has 0 fully saturated rings. The second-order valence-electron chi connectivity index (χ2n) is 9.54. The van der Waals surface area contributed by atoms with E-state index < -0.39 is 24.1 Å². The lowest BCUT2D eigenvalue weighted by Gasteiger charge is -2.24. The number of carbonyl (C=O) groups is 2. The van der Waals surface area contributed by atoms with Crippen LogP contribution in [-0.4, -0.2) is 28.2 Å². The summed E-state index contributed by atoms with van der Waals surface area (Å²) in [6.07, 6.45) is -0.769. The van der Waals surface area contributed by atoms with Gasteiger partial charge in [0.15, 0.2) is 0 Å². The van der Waals surface area contributed by atoms with E-state index in [1.807, 2.05) is 12.1 Å². The standard InChI is InChI=1S/C33H25ClN4O5/c1-20-27(18-15-25(19-35)28(20)34)36-29(21(2)41-32(39)23-9-5-3-6-10-23)31-38-37-30(43-31)22-13-16-26(17-14-22)42-33(40)24-11-7-4-8-12-24/h3-18,21,29,36H,1-2H3/t21-,29+/m0/s1. The molecule has 5 aromatic rings. The lowest BCUT2D eigenvalue weighted by atomic mass is 10.1. The fourth-order valence-corrected chi connectivity index (χ4v) is 4.44. The Hall–Kier alpha value is -5.46. The highest BCUT2D eigenvalue weighted by atomic mass is 35.5. The molecule has 0 aliphatic rings. The van der Waals surface area contributed by atoms with Gasteiger partial charge in [-0.25, -0.2) is 9.59 Å². The second kappa shape index (κ2) is 13.0. The molecule has 4 aromatic carbocycles. The van der Waals surface area contributed by atoms with Crippen molar-refractivity contribution in [3.8, 4) is 23.3 Å². The van der Waals surface area contributed by atoms with Gasteiger partial charge in [0.2, 0.25) is 11.8 Å². The van der Waals surface area contributed by atoms with Crippen LogP contribution in [0.25, 0.3) is 11.5 Å². The molecule has 43 heavy (non-hydrogen) atoms. The van der Waals surface area contributed by atoms with Gasteiger partial charge in [-0.05, 0) is 80.1 Å². The predicted octanol–water partition coefficient (Wildman–Crippen LogP) is 7.19. The summed E-state index contributed by atoms with van der Waals surface area (Å²) < 4.78 is 17.3. The molecule has 214 valence electrons. The minimum absolute atomic E-state index is 0.155. The average molecular weight is 593 g/mol. The van der Waals surface area contributed by atoms with Crippen molar-refractivity contribution < 1.29 is 23.5 Å². The number of anilines is 1. The van der Waals surface area contributed by atoms with Gasteiger partial charge in [0, 0.05) is 11.3 Å². The van der Waals surface area contributed by atoms with Gasteiger partial charge < -0.3 is 19.2 Å². The van der Waals surface area contributed by atoms with E-state index in [9.17, 15) is 14.9 Å². The molecule has 0 radical (unpaired) electrons. The zero-order valence-corrected chi connectivity index (χ0v) is 23.9. The van der Waals surface area contributed by atoms with Crippen molar-refractivity contribution in [1.82, 2.24) is 10.2 Å². The van der Waals surface area contributed by atoms with E-state index in [4.69, 9.17) is 25.5 Å². The second-order valence-corrected chi connectivity index (χ2v) is 9.91. The largest absolute Gasteiger partial charge is 0.456 e.